The molecule has 2 aliphatic rings. The number of carbonyl (C=O) groups excluding carboxylic acids is 2. The molecule has 0 radical (unpaired) electrons. The largest absolute Gasteiger partial charge is 0.464 e. The van der Waals surface area contributed by atoms with Crippen LogP contribution in [-0.2, 0) is 20.7 Å². The van der Waals surface area contributed by atoms with Crippen molar-refractivity contribution in [3.05, 3.63) is 60.0 Å². The van der Waals surface area contributed by atoms with E-state index in [2.05, 4.69) is 25.9 Å². The van der Waals surface area contributed by atoms with E-state index in [1.165, 1.54) is 0 Å². The van der Waals surface area contributed by atoms with E-state index in [-0.39, 0.29) is 18.4 Å². The summed E-state index contributed by atoms with van der Waals surface area (Å²) in [5, 5.41) is 1.85. The second-order valence-electron chi connectivity index (χ2n) is 9.77. The lowest BCUT2D eigenvalue weighted by molar-refractivity contribution is -0.144. The first-order valence-corrected chi connectivity index (χ1v) is 13.7. The quantitative estimate of drug-likeness (QED) is 0.261. The second kappa shape index (κ2) is 10.7. The molecule has 5 rings (SSSR count). The standard InChI is InChI=1S/C29H30BrN3O4/c1-3-36-28(35)23(33-25-24(30)26(34)29(25)12-5-4-6-13-29)16-19-7-9-21(10-8-19)37-27-22-17-31-14-11-20(22)15-18(2)32-27/h7-11,14-15,17,23-24H,3-6,12-13,16H2,1-2H3/t23-,24?/m0/s1. The van der Waals surface area contributed by atoms with Crippen molar-refractivity contribution in [3.8, 4) is 11.6 Å². The van der Waals surface area contributed by atoms with Gasteiger partial charge in [0.1, 0.15) is 10.6 Å². The third-order valence-electron chi connectivity index (χ3n) is 7.29. The molecule has 1 spiro atoms. The maximum Gasteiger partial charge on any atom is 0.331 e. The summed E-state index contributed by atoms with van der Waals surface area (Å²) < 4.78 is 11.4. The van der Waals surface area contributed by atoms with Crippen molar-refractivity contribution in [1.29, 1.82) is 0 Å². The Morgan fingerprint density at radius 3 is 2.68 bits per heavy atom. The minimum atomic E-state index is -0.706. The number of ketones is 1. The maximum absolute atomic E-state index is 12.9. The van der Waals surface area contributed by atoms with Gasteiger partial charge >= 0.3 is 5.97 Å². The lowest BCUT2D eigenvalue weighted by atomic mass is 9.58. The van der Waals surface area contributed by atoms with Gasteiger partial charge in [-0.2, -0.15) is 0 Å². The van der Waals surface area contributed by atoms with Crippen LogP contribution in [0.5, 0.6) is 11.6 Å². The summed E-state index contributed by atoms with van der Waals surface area (Å²) in [4.78, 5) is 38.9. The summed E-state index contributed by atoms with van der Waals surface area (Å²) in [6.07, 6.45) is 8.65. The highest BCUT2D eigenvalue weighted by molar-refractivity contribution is 9.10. The molecule has 192 valence electrons. The third-order valence-corrected chi connectivity index (χ3v) is 8.14. The monoisotopic (exact) mass is 563 g/mol. The van der Waals surface area contributed by atoms with Gasteiger partial charge in [-0.15, -0.1) is 0 Å². The molecule has 0 amide bonds. The number of fused-ring (bicyclic) bond motifs is 1. The van der Waals surface area contributed by atoms with Crippen molar-refractivity contribution in [2.24, 2.45) is 10.4 Å². The van der Waals surface area contributed by atoms with Crippen molar-refractivity contribution in [2.75, 3.05) is 6.61 Å². The normalized spacial score (nSPS) is 20.6. The van der Waals surface area contributed by atoms with Gasteiger partial charge in [0.2, 0.25) is 5.88 Å². The molecule has 2 aromatic heterocycles. The molecular formula is C29H30BrN3O4. The van der Waals surface area contributed by atoms with E-state index in [1.54, 1.807) is 19.3 Å². The van der Waals surface area contributed by atoms with Gasteiger partial charge in [-0.3, -0.25) is 14.8 Å². The van der Waals surface area contributed by atoms with Crippen LogP contribution >= 0.6 is 15.9 Å². The number of ether oxygens (including phenoxy) is 2. The van der Waals surface area contributed by atoms with Crippen LogP contribution in [0.25, 0.3) is 10.8 Å². The highest BCUT2D eigenvalue weighted by atomic mass is 79.9. The zero-order valence-electron chi connectivity index (χ0n) is 21.1. The number of hydrogen-bond donors (Lipinski definition) is 0. The van der Waals surface area contributed by atoms with Crippen molar-refractivity contribution in [3.63, 3.8) is 0 Å². The number of halogens is 1. The Bertz CT molecular complexity index is 1350. The Morgan fingerprint density at radius 1 is 1.19 bits per heavy atom. The molecule has 2 atom stereocenters. The molecule has 2 heterocycles. The number of hydrogen-bond acceptors (Lipinski definition) is 7. The number of nitrogens with zero attached hydrogens (tertiary/aromatic N) is 3. The molecular weight excluding hydrogens is 534 g/mol. The number of rotatable bonds is 7. The predicted octanol–water partition coefficient (Wildman–Crippen LogP) is 5.94. The van der Waals surface area contributed by atoms with E-state index in [0.717, 1.165) is 59.8 Å². The topological polar surface area (TPSA) is 90.7 Å². The third kappa shape index (κ3) is 5.04. The second-order valence-corrected chi connectivity index (χ2v) is 10.7. The van der Waals surface area contributed by atoms with Crippen molar-refractivity contribution in [2.45, 2.75) is 63.2 Å². The average Bonchev–Trinajstić information content (AvgIpc) is 2.92. The molecule has 0 aliphatic heterocycles. The number of aliphatic imine (C=N–C) groups is 1. The van der Waals surface area contributed by atoms with E-state index in [4.69, 9.17) is 14.5 Å². The summed E-state index contributed by atoms with van der Waals surface area (Å²) in [6.45, 7) is 3.99. The van der Waals surface area contributed by atoms with Gasteiger partial charge in [0.05, 0.1) is 17.4 Å². The van der Waals surface area contributed by atoms with E-state index >= 15 is 0 Å². The molecule has 37 heavy (non-hydrogen) atoms. The van der Waals surface area contributed by atoms with Crippen molar-refractivity contribution < 1.29 is 19.1 Å². The first-order valence-electron chi connectivity index (χ1n) is 12.8. The maximum atomic E-state index is 12.9. The number of benzene rings is 1. The van der Waals surface area contributed by atoms with Crippen LogP contribution in [0.1, 0.15) is 50.3 Å². The lowest BCUT2D eigenvalue weighted by Gasteiger charge is -2.47. The summed E-state index contributed by atoms with van der Waals surface area (Å²) >= 11 is 3.51. The Hall–Kier alpha value is -3.13. The van der Waals surface area contributed by atoms with Gasteiger partial charge in [-0.05, 0) is 61.9 Å². The molecule has 2 fully saturated rings. The van der Waals surface area contributed by atoms with E-state index in [9.17, 15) is 9.59 Å². The van der Waals surface area contributed by atoms with Crippen LogP contribution in [0, 0.1) is 12.3 Å². The highest BCUT2D eigenvalue weighted by Gasteiger charge is 2.58. The highest BCUT2D eigenvalue weighted by Crippen LogP contribution is 2.49. The van der Waals surface area contributed by atoms with Gasteiger partial charge < -0.3 is 9.47 Å². The molecule has 1 unspecified atom stereocenters. The molecule has 0 saturated heterocycles. The summed E-state index contributed by atoms with van der Waals surface area (Å²) in [6, 6.07) is 10.8. The fourth-order valence-electron chi connectivity index (χ4n) is 5.39. The van der Waals surface area contributed by atoms with Gasteiger partial charge in [-0.25, -0.2) is 9.78 Å². The van der Waals surface area contributed by atoms with Crippen LogP contribution in [0.4, 0.5) is 0 Å². The predicted molar refractivity (Wildman–Crippen MR) is 146 cm³/mol. The average molecular weight is 564 g/mol. The Labute approximate surface area is 224 Å². The molecule has 7 nitrogen and oxygen atoms in total. The molecule has 0 bridgehead atoms. The van der Waals surface area contributed by atoms with E-state index in [1.807, 2.05) is 43.3 Å². The molecule has 8 heteroatoms. The van der Waals surface area contributed by atoms with Gasteiger partial charge in [0.25, 0.3) is 0 Å². The van der Waals surface area contributed by atoms with Gasteiger partial charge in [-0.1, -0.05) is 47.3 Å². The number of pyridine rings is 2. The van der Waals surface area contributed by atoms with Crippen LogP contribution in [-0.4, -0.2) is 44.9 Å². The molecule has 1 aromatic carbocycles. The van der Waals surface area contributed by atoms with E-state index < -0.39 is 16.3 Å². The SMILES string of the molecule is CCOC(=O)[C@H](Cc1ccc(Oc2nc(C)cc3ccncc23)cc1)N=C1C(Br)C(=O)C12CCCCC2. The van der Waals surface area contributed by atoms with Crippen LogP contribution in [0.3, 0.4) is 0 Å². The molecule has 3 aromatic rings. The molecule has 2 aliphatic carbocycles. The molecule has 2 saturated carbocycles. The van der Waals surface area contributed by atoms with Crippen molar-refractivity contribution >= 4 is 44.2 Å². The Kier molecular flexibility index (Phi) is 7.38. The summed E-state index contributed by atoms with van der Waals surface area (Å²) in [5.41, 5.74) is 2.08. The van der Waals surface area contributed by atoms with Gasteiger partial charge in [0, 0.05) is 30.2 Å². The van der Waals surface area contributed by atoms with Crippen molar-refractivity contribution in [1.82, 2.24) is 9.97 Å². The summed E-state index contributed by atoms with van der Waals surface area (Å²) in [5.74, 6) is 0.963. The fraction of sp³-hybridized carbons (Fsp3) is 0.414. The van der Waals surface area contributed by atoms with Gasteiger partial charge in [0.15, 0.2) is 11.8 Å². The van der Waals surface area contributed by atoms with Crippen LogP contribution in [0.15, 0.2) is 53.8 Å². The zero-order valence-corrected chi connectivity index (χ0v) is 22.7. The smallest absolute Gasteiger partial charge is 0.331 e. The number of alkyl halides is 1. The number of esters is 1. The molecule has 0 N–H and O–H groups in total. The minimum Gasteiger partial charge on any atom is -0.464 e. The number of aryl methyl sites for hydroxylation is 1. The fourth-order valence-corrected chi connectivity index (χ4v) is 6.38. The lowest BCUT2D eigenvalue weighted by Crippen LogP contribution is -2.61. The number of Topliss-reactive ketones (excluding diaryl/α,β-unsaturated/α-hetero) is 1. The first-order chi connectivity index (χ1) is 17.9. The minimum absolute atomic E-state index is 0.197. The Morgan fingerprint density at radius 2 is 1.95 bits per heavy atom. The Balaban J connectivity index is 1.37. The zero-order chi connectivity index (χ0) is 26.0. The number of aromatic nitrogens is 2. The van der Waals surface area contributed by atoms with Crippen LogP contribution in [0.2, 0.25) is 0 Å². The van der Waals surface area contributed by atoms with E-state index in [0.29, 0.717) is 18.1 Å². The number of carbonyl (C=O) groups is 2. The van der Waals surface area contributed by atoms with Crippen LogP contribution < -0.4 is 4.74 Å². The first kappa shape index (κ1) is 25.5. The summed E-state index contributed by atoms with van der Waals surface area (Å²) in [7, 11) is 0.